The average molecular weight is 217 g/mol. The summed E-state index contributed by atoms with van der Waals surface area (Å²) in [6.07, 6.45) is 0.0673. The van der Waals surface area contributed by atoms with Crippen LogP contribution in [0.2, 0.25) is 5.02 Å². The Morgan fingerprint density at radius 2 is 2.07 bits per heavy atom. The minimum atomic E-state index is -0.437. The lowest BCUT2D eigenvalue weighted by Gasteiger charge is -2.14. The maximum atomic E-state index is 13.3. The maximum absolute atomic E-state index is 13.3. The Morgan fingerprint density at radius 3 is 2.64 bits per heavy atom. The largest absolute Gasteiger partial charge is 0.393 e. The minimum Gasteiger partial charge on any atom is -0.393 e. The molecule has 14 heavy (non-hydrogen) atoms. The molecule has 2 atom stereocenters. The van der Waals surface area contributed by atoms with Crippen LogP contribution in [-0.4, -0.2) is 11.2 Å². The highest BCUT2D eigenvalue weighted by atomic mass is 35.5. The molecule has 0 fully saturated rings. The van der Waals surface area contributed by atoms with Gasteiger partial charge in [-0.05, 0) is 43.0 Å². The van der Waals surface area contributed by atoms with Gasteiger partial charge in [0.25, 0.3) is 0 Å². The van der Waals surface area contributed by atoms with Gasteiger partial charge in [0.15, 0.2) is 0 Å². The summed E-state index contributed by atoms with van der Waals surface area (Å²) in [5.74, 6) is -0.232. The molecule has 1 N–H and O–H groups in total. The lowest BCUT2D eigenvalue weighted by Crippen LogP contribution is -2.16. The van der Waals surface area contributed by atoms with Crippen molar-refractivity contribution < 1.29 is 9.50 Å². The zero-order chi connectivity index (χ0) is 10.7. The molecule has 0 aliphatic carbocycles. The number of benzene rings is 1. The molecule has 0 saturated heterocycles. The van der Waals surface area contributed by atoms with E-state index in [1.54, 1.807) is 13.0 Å². The molecule has 1 aromatic rings. The normalized spacial score (nSPS) is 15.2. The highest BCUT2D eigenvalue weighted by molar-refractivity contribution is 6.30. The summed E-state index contributed by atoms with van der Waals surface area (Å²) in [6, 6.07) is 4.48. The molecular weight excluding hydrogens is 203 g/mol. The van der Waals surface area contributed by atoms with E-state index in [2.05, 4.69) is 0 Å². The van der Waals surface area contributed by atoms with E-state index >= 15 is 0 Å². The van der Waals surface area contributed by atoms with Gasteiger partial charge in [-0.1, -0.05) is 18.5 Å². The Kier molecular flexibility index (Phi) is 3.90. The number of aliphatic hydroxyl groups is 1. The summed E-state index contributed by atoms with van der Waals surface area (Å²) in [4.78, 5) is 0. The van der Waals surface area contributed by atoms with Crippen molar-refractivity contribution in [3.63, 3.8) is 0 Å². The number of halogens is 2. The van der Waals surface area contributed by atoms with Crippen LogP contribution in [-0.2, 0) is 6.42 Å². The van der Waals surface area contributed by atoms with Crippen LogP contribution >= 0.6 is 11.6 Å². The predicted molar refractivity (Wildman–Crippen MR) is 56.0 cm³/mol. The van der Waals surface area contributed by atoms with Gasteiger partial charge in [0.1, 0.15) is 5.82 Å². The third kappa shape index (κ3) is 2.96. The van der Waals surface area contributed by atoms with E-state index in [1.165, 1.54) is 12.1 Å². The number of rotatable bonds is 3. The van der Waals surface area contributed by atoms with Crippen molar-refractivity contribution in [2.75, 3.05) is 0 Å². The molecule has 0 aromatic heterocycles. The summed E-state index contributed by atoms with van der Waals surface area (Å²) in [5, 5.41) is 9.81. The first-order valence-electron chi connectivity index (χ1n) is 4.62. The minimum absolute atomic E-state index is 0.0305. The van der Waals surface area contributed by atoms with Crippen molar-refractivity contribution >= 4 is 11.6 Å². The quantitative estimate of drug-likeness (QED) is 0.824. The molecule has 1 rings (SSSR count). The van der Waals surface area contributed by atoms with E-state index < -0.39 is 6.10 Å². The Labute approximate surface area is 88.5 Å². The fraction of sp³-hybridized carbons (Fsp3) is 0.455. The zero-order valence-corrected chi connectivity index (χ0v) is 9.05. The number of aliphatic hydroxyl groups excluding tert-OH is 1. The van der Waals surface area contributed by atoms with E-state index in [-0.39, 0.29) is 11.7 Å². The van der Waals surface area contributed by atoms with Gasteiger partial charge >= 0.3 is 0 Å². The molecule has 1 nitrogen and oxygen atoms in total. The third-order valence-corrected chi connectivity index (χ3v) is 2.61. The molecule has 0 heterocycles. The standard InChI is InChI=1S/C11H14ClFO/c1-7(8(2)14)5-9-6-10(12)3-4-11(9)13/h3-4,6-8,14H,5H2,1-2H3. The Hall–Kier alpha value is -0.600. The summed E-state index contributed by atoms with van der Waals surface area (Å²) < 4.78 is 13.3. The van der Waals surface area contributed by atoms with Crippen LogP contribution in [0, 0.1) is 11.7 Å². The molecule has 78 valence electrons. The molecule has 0 aliphatic heterocycles. The van der Waals surface area contributed by atoms with Crippen molar-refractivity contribution in [1.29, 1.82) is 0 Å². The third-order valence-electron chi connectivity index (χ3n) is 2.37. The first-order chi connectivity index (χ1) is 6.50. The Morgan fingerprint density at radius 1 is 1.43 bits per heavy atom. The van der Waals surface area contributed by atoms with Crippen molar-refractivity contribution in [2.45, 2.75) is 26.4 Å². The molecule has 0 amide bonds. The predicted octanol–water partition coefficient (Wildman–Crippen LogP) is 3.04. The number of hydrogen-bond donors (Lipinski definition) is 1. The Bertz CT molecular complexity index is 312. The van der Waals surface area contributed by atoms with Gasteiger partial charge in [-0.15, -0.1) is 0 Å². The van der Waals surface area contributed by atoms with Crippen LogP contribution in [0.5, 0.6) is 0 Å². The molecule has 0 bridgehead atoms. The molecule has 1 aromatic carbocycles. The van der Waals surface area contributed by atoms with Gasteiger partial charge in [0.05, 0.1) is 6.10 Å². The van der Waals surface area contributed by atoms with E-state index in [9.17, 15) is 9.50 Å². The highest BCUT2D eigenvalue weighted by Crippen LogP contribution is 2.19. The van der Waals surface area contributed by atoms with Crippen LogP contribution in [0.25, 0.3) is 0 Å². The van der Waals surface area contributed by atoms with Crippen molar-refractivity contribution in [3.8, 4) is 0 Å². The van der Waals surface area contributed by atoms with Gasteiger partial charge in [0, 0.05) is 5.02 Å². The lowest BCUT2D eigenvalue weighted by molar-refractivity contribution is 0.134. The first-order valence-corrected chi connectivity index (χ1v) is 5.00. The fourth-order valence-electron chi connectivity index (χ4n) is 1.22. The molecule has 3 heteroatoms. The number of hydrogen-bond acceptors (Lipinski definition) is 1. The average Bonchev–Trinajstić information content (AvgIpc) is 2.11. The van der Waals surface area contributed by atoms with E-state index in [4.69, 9.17) is 11.6 Å². The van der Waals surface area contributed by atoms with E-state index in [1.807, 2.05) is 6.92 Å². The second-order valence-electron chi connectivity index (χ2n) is 3.66. The van der Waals surface area contributed by atoms with Gasteiger partial charge in [-0.2, -0.15) is 0 Å². The smallest absolute Gasteiger partial charge is 0.126 e. The molecule has 2 unspecified atom stereocenters. The van der Waals surface area contributed by atoms with Gasteiger partial charge in [-0.25, -0.2) is 4.39 Å². The van der Waals surface area contributed by atoms with Crippen molar-refractivity contribution in [2.24, 2.45) is 5.92 Å². The van der Waals surface area contributed by atoms with Gasteiger partial charge in [-0.3, -0.25) is 0 Å². The van der Waals surface area contributed by atoms with Crippen molar-refractivity contribution in [3.05, 3.63) is 34.6 Å². The second-order valence-corrected chi connectivity index (χ2v) is 4.09. The first kappa shape index (κ1) is 11.5. The zero-order valence-electron chi connectivity index (χ0n) is 8.30. The van der Waals surface area contributed by atoms with Crippen molar-refractivity contribution in [1.82, 2.24) is 0 Å². The lowest BCUT2D eigenvalue weighted by atomic mass is 9.96. The summed E-state index contributed by atoms with van der Waals surface area (Å²) in [6.45, 7) is 3.58. The second kappa shape index (κ2) is 4.76. The Balaban J connectivity index is 2.80. The summed E-state index contributed by atoms with van der Waals surface area (Å²) in [7, 11) is 0. The maximum Gasteiger partial charge on any atom is 0.126 e. The molecular formula is C11H14ClFO. The van der Waals surface area contributed by atoms with Gasteiger partial charge in [0.2, 0.25) is 0 Å². The molecule has 0 aliphatic rings. The van der Waals surface area contributed by atoms with Crippen LogP contribution in [0.3, 0.4) is 0 Å². The highest BCUT2D eigenvalue weighted by Gasteiger charge is 2.12. The van der Waals surface area contributed by atoms with Gasteiger partial charge < -0.3 is 5.11 Å². The van der Waals surface area contributed by atoms with E-state index in [0.29, 0.717) is 17.0 Å². The van der Waals surface area contributed by atoms with Crippen LogP contribution < -0.4 is 0 Å². The van der Waals surface area contributed by atoms with Crippen LogP contribution in [0.15, 0.2) is 18.2 Å². The summed E-state index contributed by atoms with van der Waals surface area (Å²) in [5.41, 5.74) is 0.561. The fourth-order valence-corrected chi connectivity index (χ4v) is 1.41. The molecule has 0 spiro atoms. The summed E-state index contributed by atoms with van der Waals surface area (Å²) >= 11 is 5.75. The molecule has 0 radical (unpaired) electrons. The molecule has 0 saturated carbocycles. The monoisotopic (exact) mass is 216 g/mol. The van der Waals surface area contributed by atoms with E-state index in [0.717, 1.165) is 0 Å². The van der Waals surface area contributed by atoms with Crippen LogP contribution in [0.4, 0.5) is 4.39 Å². The topological polar surface area (TPSA) is 20.2 Å². The van der Waals surface area contributed by atoms with Crippen LogP contribution in [0.1, 0.15) is 19.4 Å². The SMILES string of the molecule is CC(O)C(C)Cc1cc(Cl)ccc1F.